The van der Waals surface area contributed by atoms with E-state index < -0.39 is 8.32 Å². The summed E-state index contributed by atoms with van der Waals surface area (Å²) in [6.45, 7) is 10.8. The van der Waals surface area contributed by atoms with Gasteiger partial charge in [-0.15, -0.1) is 0 Å². The number of methoxy groups -OCH3 is 4. The average molecular weight is 551 g/mol. The third-order valence-electron chi connectivity index (χ3n) is 7.04. The number of ketones is 1. The molecule has 3 aromatic rings. The standard InChI is InChI=1S/C31H38O7Si/c1-31(2,3)39(8,9)38-26-17-20(14-15-25(26)34-4)16-23(22-12-10-11-13-24(22)32)29(33)21-18-27(35-5)30(37-7)28(19-21)36-6/h10-19,32H,1-9H3/b23-16+. The number of hydrogen-bond donors (Lipinski definition) is 1. The van der Waals surface area contributed by atoms with Crippen LogP contribution < -0.4 is 23.4 Å². The van der Waals surface area contributed by atoms with E-state index in [-0.39, 0.29) is 22.1 Å². The highest BCUT2D eigenvalue weighted by Crippen LogP contribution is 2.42. The largest absolute Gasteiger partial charge is 0.541 e. The van der Waals surface area contributed by atoms with Gasteiger partial charge in [0.05, 0.1) is 28.4 Å². The van der Waals surface area contributed by atoms with Crippen molar-refractivity contribution in [2.24, 2.45) is 0 Å². The van der Waals surface area contributed by atoms with Gasteiger partial charge in [0.25, 0.3) is 8.32 Å². The van der Waals surface area contributed by atoms with Crippen molar-refractivity contribution < 1.29 is 33.3 Å². The van der Waals surface area contributed by atoms with E-state index in [1.54, 1.807) is 49.6 Å². The summed E-state index contributed by atoms with van der Waals surface area (Å²) in [4.78, 5) is 14.0. The third-order valence-corrected chi connectivity index (χ3v) is 11.4. The fraction of sp³-hybridized carbons (Fsp3) is 0.323. The van der Waals surface area contributed by atoms with E-state index in [0.717, 1.165) is 0 Å². The highest BCUT2D eigenvalue weighted by Gasteiger charge is 2.39. The van der Waals surface area contributed by atoms with Crippen LogP contribution in [0.4, 0.5) is 0 Å². The Hall–Kier alpha value is -3.91. The van der Waals surface area contributed by atoms with Gasteiger partial charge in [-0.05, 0) is 60.1 Å². The number of allylic oxidation sites excluding steroid dienone is 1. The van der Waals surface area contributed by atoms with Gasteiger partial charge >= 0.3 is 0 Å². The van der Waals surface area contributed by atoms with E-state index >= 15 is 0 Å². The first-order valence-corrected chi connectivity index (χ1v) is 15.5. The fourth-order valence-corrected chi connectivity index (χ4v) is 4.81. The van der Waals surface area contributed by atoms with E-state index in [1.165, 1.54) is 21.3 Å². The van der Waals surface area contributed by atoms with Gasteiger partial charge in [-0.2, -0.15) is 0 Å². The van der Waals surface area contributed by atoms with Crippen molar-refractivity contribution in [3.05, 3.63) is 71.3 Å². The molecule has 0 bridgehead atoms. The summed E-state index contributed by atoms with van der Waals surface area (Å²) in [7, 11) is 3.91. The maximum atomic E-state index is 14.0. The normalized spacial score (nSPS) is 12.1. The fourth-order valence-electron chi connectivity index (χ4n) is 3.79. The van der Waals surface area contributed by atoms with E-state index in [2.05, 4.69) is 33.9 Å². The summed E-state index contributed by atoms with van der Waals surface area (Å²) in [6.07, 6.45) is 1.73. The Morgan fingerprint density at radius 2 is 1.38 bits per heavy atom. The lowest BCUT2D eigenvalue weighted by atomic mass is 9.93. The Kier molecular flexibility index (Phi) is 9.02. The molecule has 0 spiro atoms. The lowest BCUT2D eigenvalue weighted by Crippen LogP contribution is -2.43. The van der Waals surface area contributed by atoms with Crippen molar-refractivity contribution >= 4 is 25.7 Å². The molecule has 0 aromatic heterocycles. The summed E-state index contributed by atoms with van der Waals surface area (Å²) >= 11 is 0. The molecule has 7 nitrogen and oxygen atoms in total. The van der Waals surface area contributed by atoms with Crippen molar-refractivity contribution in [3.8, 4) is 34.5 Å². The molecular formula is C31H38O7Si. The number of Topliss-reactive ketones (excluding diaryl/α,β-unsaturated/α-hetero) is 1. The van der Waals surface area contributed by atoms with Gasteiger partial charge in [0, 0.05) is 16.7 Å². The summed E-state index contributed by atoms with van der Waals surface area (Å²) < 4.78 is 28.5. The van der Waals surface area contributed by atoms with Crippen LogP contribution in [0.1, 0.15) is 42.3 Å². The van der Waals surface area contributed by atoms with Gasteiger partial charge in [-0.3, -0.25) is 4.79 Å². The molecule has 0 radical (unpaired) electrons. The molecule has 0 amide bonds. The maximum absolute atomic E-state index is 14.0. The molecule has 8 heteroatoms. The van der Waals surface area contributed by atoms with Crippen LogP contribution in [-0.2, 0) is 0 Å². The van der Waals surface area contributed by atoms with Gasteiger partial charge in [0.1, 0.15) is 11.5 Å². The number of rotatable bonds is 10. The summed E-state index contributed by atoms with van der Waals surface area (Å²) in [5, 5.41) is 10.7. The SMILES string of the molecule is COc1ccc(/C=C(/C(=O)c2cc(OC)c(OC)c(OC)c2)c2ccccc2O)cc1O[Si](C)(C)C(C)(C)C. The quantitative estimate of drug-likeness (QED) is 0.123. The second-order valence-corrected chi connectivity index (χ2v) is 15.3. The molecule has 208 valence electrons. The Balaban J connectivity index is 2.21. The summed E-state index contributed by atoms with van der Waals surface area (Å²) in [6, 6.07) is 15.4. The number of carbonyl (C=O) groups is 1. The number of aromatic hydroxyl groups is 1. The molecule has 0 saturated carbocycles. The topological polar surface area (TPSA) is 83.5 Å². The summed E-state index contributed by atoms with van der Waals surface area (Å²) in [5.74, 6) is 1.95. The third kappa shape index (κ3) is 6.39. The second kappa shape index (κ2) is 11.9. The minimum Gasteiger partial charge on any atom is -0.541 e. The highest BCUT2D eigenvalue weighted by molar-refractivity contribution is 6.74. The molecule has 1 N–H and O–H groups in total. The number of hydrogen-bond acceptors (Lipinski definition) is 7. The predicted molar refractivity (Wildman–Crippen MR) is 157 cm³/mol. The van der Waals surface area contributed by atoms with Gasteiger partial charge in [0.15, 0.2) is 23.0 Å². The van der Waals surface area contributed by atoms with Gasteiger partial charge in [0.2, 0.25) is 5.75 Å². The van der Waals surface area contributed by atoms with E-state index in [4.69, 9.17) is 23.4 Å². The van der Waals surface area contributed by atoms with Crippen LogP contribution >= 0.6 is 0 Å². The van der Waals surface area contributed by atoms with Crippen molar-refractivity contribution in [2.75, 3.05) is 28.4 Å². The van der Waals surface area contributed by atoms with E-state index in [0.29, 0.717) is 45.4 Å². The summed E-state index contributed by atoms with van der Waals surface area (Å²) in [5.41, 5.74) is 1.69. The Morgan fingerprint density at radius 3 is 1.90 bits per heavy atom. The number of phenolic OH excluding ortho intramolecular Hbond substituents is 1. The number of phenols is 1. The molecule has 0 heterocycles. The van der Waals surface area contributed by atoms with E-state index in [9.17, 15) is 9.90 Å². The van der Waals surface area contributed by atoms with Crippen molar-refractivity contribution in [2.45, 2.75) is 38.9 Å². The molecule has 0 atom stereocenters. The molecule has 0 fully saturated rings. The predicted octanol–water partition coefficient (Wildman–Crippen LogP) is 7.23. The van der Waals surface area contributed by atoms with Crippen LogP contribution in [0.25, 0.3) is 11.6 Å². The van der Waals surface area contributed by atoms with Gasteiger partial charge in [-0.1, -0.05) is 45.0 Å². The minimum absolute atomic E-state index is 0.0178. The first-order valence-electron chi connectivity index (χ1n) is 12.6. The molecule has 0 aliphatic carbocycles. The maximum Gasteiger partial charge on any atom is 0.250 e. The van der Waals surface area contributed by atoms with Crippen LogP contribution in [-0.4, -0.2) is 47.6 Å². The lowest BCUT2D eigenvalue weighted by Gasteiger charge is -2.36. The molecule has 0 aliphatic heterocycles. The van der Waals surface area contributed by atoms with Gasteiger partial charge < -0.3 is 28.5 Å². The van der Waals surface area contributed by atoms with Crippen LogP contribution in [0.3, 0.4) is 0 Å². The highest BCUT2D eigenvalue weighted by atomic mass is 28.4. The molecular weight excluding hydrogens is 512 g/mol. The van der Waals surface area contributed by atoms with Crippen LogP contribution in [0, 0.1) is 0 Å². The Labute approximate surface area is 232 Å². The lowest BCUT2D eigenvalue weighted by molar-refractivity contribution is 0.105. The zero-order chi connectivity index (χ0) is 29.0. The molecule has 3 rings (SSSR count). The number of ether oxygens (including phenoxy) is 4. The zero-order valence-corrected chi connectivity index (χ0v) is 25.2. The minimum atomic E-state index is -2.18. The molecule has 3 aromatic carbocycles. The Bertz CT molecular complexity index is 1340. The smallest absolute Gasteiger partial charge is 0.250 e. The molecule has 0 aliphatic rings. The number of para-hydroxylation sites is 1. The average Bonchev–Trinajstić information content (AvgIpc) is 2.90. The monoisotopic (exact) mass is 550 g/mol. The van der Waals surface area contributed by atoms with Crippen LogP contribution in [0.5, 0.6) is 34.5 Å². The molecule has 0 unspecified atom stereocenters. The van der Waals surface area contributed by atoms with Crippen LogP contribution in [0.15, 0.2) is 54.6 Å². The first kappa shape index (κ1) is 29.6. The first-order chi connectivity index (χ1) is 18.4. The van der Waals surface area contributed by atoms with Crippen molar-refractivity contribution in [3.63, 3.8) is 0 Å². The van der Waals surface area contributed by atoms with Crippen LogP contribution in [0.2, 0.25) is 18.1 Å². The van der Waals surface area contributed by atoms with E-state index in [1.807, 2.05) is 18.2 Å². The Morgan fingerprint density at radius 1 is 0.795 bits per heavy atom. The second-order valence-electron chi connectivity index (χ2n) is 10.6. The van der Waals surface area contributed by atoms with Gasteiger partial charge in [-0.25, -0.2) is 0 Å². The van der Waals surface area contributed by atoms with Crippen molar-refractivity contribution in [1.29, 1.82) is 0 Å². The number of benzene rings is 3. The molecule has 0 saturated heterocycles. The molecule has 39 heavy (non-hydrogen) atoms. The van der Waals surface area contributed by atoms with Crippen molar-refractivity contribution in [1.82, 2.24) is 0 Å². The zero-order valence-electron chi connectivity index (χ0n) is 24.2. The number of carbonyl (C=O) groups excluding carboxylic acids is 1.